The molecule has 134 valence electrons. The molecule has 0 aliphatic carbocycles. The summed E-state index contributed by atoms with van der Waals surface area (Å²) in [6.07, 6.45) is 0. The first-order valence-corrected chi connectivity index (χ1v) is 8.98. The van der Waals surface area contributed by atoms with Crippen LogP contribution in [-0.2, 0) is 10.0 Å². The maximum atomic E-state index is 13.7. The van der Waals surface area contributed by atoms with Crippen LogP contribution in [0.2, 0.25) is 5.02 Å². The first-order valence-electron chi connectivity index (χ1n) is 7.12. The van der Waals surface area contributed by atoms with Gasteiger partial charge in [0, 0.05) is 11.6 Å². The molecule has 0 atom stereocenters. The normalized spacial score (nSPS) is 11.3. The molecular formula is C16H15ClFNO5S. The van der Waals surface area contributed by atoms with Crippen LogP contribution < -0.4 is 9.46 Å². The van der Waals surface area contributed by atoms with Gasteiger partial charge in [0.05, 0.1) is 5.56 Å². The number of carbonyl (C=O) groups is 1. The highest BCUT2D eigenvalue weighted by Gasteiger charge is 2.20. The van der Waals surface area contributed by atoms with E-state index in [1.807, 2.05) is 0 Å². The number of benzene rings is 2. The molecule has 0 aliphatic heterocycles. The summed E-state index contributed by atoms with van der Waals surface area (Å²) in [5.41, 5.74) is 0.488. The van der Waals surface area contributed by atoms with Crippen LogP contribution >= 0.6 is 11.6 Å². The Kier molecular flexibility index (Phi) is 5.99. The van der Waals surface area contributed by atoms with Crippen molar-refractivity contribution in [3.8, 4) is 5.75 Å². The van der Waals surface area contributed by atoms with Gasteiger partial charge in [-0.15, -0.1) is 0 Å². The van der Waals surface area contributed by atoms with E-state index in [0.717, 1.165) is 23.8 Å². The molecule has 0 saturated carbocycles. The van der Waals surface area contributed by atoms with E-state index >= 15 is 0 Å². The third kappa shape index (κ3) is 4.91. The van der Waals surface area contributed by atoms with Crippen LogP contribution in [0.1, 0.15) is 15.9 Å². The minimum absolute atomic E-state index is 0.000538. The second-order valence-electron chi connectivity index (χ2n) is 5.11. The van der Waals surface area contributed by atoms with Gasteiger partial charge in [0.15, 0.2) is 0 Å². The molecule has 0 bridgehead atoms. The molecular weight excluding hydrogens is 373 g/mol. The summed E-state index contributed by atoms with van der Waals surface area (Å²) in [4.78, 5) is 10.2. The standard InChI is InChI=1S/C16H15ClFNO5S/c1-10-8-12(3-4-13(10)17)24-7-6-19-25(22,23)15-9-11(16(20)21)2-5-14(15)18/h2-5,8-9,19H,6-7H2,1H3,(H,20,21). The SMILES string of the molecule is Cc1cc(OCCNS(=O)(=O)c2cc(C(=O)O)ccc2F)ccc1Cl. The van der Waals surface area contributed by atoms with E-state index in [0.29, 0.717) is 10.8 Å². The van der Waals surface area contributed by atoms with Crippen LogP contribution in [0.4, 0.5) is 4.39 Å². The number of sulfonamides is 1. The van der Waals surface area contributed by atoms with Gasteiger partial charge in [-0.1, -0.05) is 11.6 Å². The van der Waals surface area contributed by atoms with Gasteiger partial charge in [0.1, 0.15) is 23.1 Å². The van der Waals surface area contributed by atoms with Crippen LogP contribution in [0.25, 0.3) is 0 Å². The second-order valence-corrected chi connectivity index (χ2v) is 7.25. The average molecular weight is 388 g/mol. The number of aromatic carboxylic acids is 1. The summed E-state index contributed by atoms with van der Waals surface area (Å²) in [6, 6.07) is 7.55. The fraction of sp³-hybridized carbons (Fsp3) is 0.188. The lowest BCUT2D eigenvalue weighted by molar-refractivity contribution is 0.0696. The Bertz CT molecular complexity index is 901. The zero-order valence-corrected chi connectivity index (χ0v) is 14.7. The lowest BCUT2D eigenvalue weighted by atomic mass is 10.2. The van der Waals surface area contributed by atoms with E-state index in [1.54, 1.807) is 25.1 Å². The van der Waals surface area contributed by atoms with Gasteiger partial charge in [0.2, 0.25) is 10.0 Å². The largest absolute Gasteiger partial charge is 0.492 e. The molecule has 0 spiro atoms. The van der Waals surface area contributed by atoms with Crippen molar-refractivity contribution in [2.75, 3.05) is 13.2 Å². The molecule has 2 aromatic carbocycles. The van der Waals surface area contributed by atoms with Crippen molar-refractivity contribution in [2.45, 2.75) is 11.8 Å². The second kappa shape index (κ2) is 7.81. The molecule has 0 radical (unpaired) electrons. The van der Waals surface area contributed by atoms with Crippen LogP contribution in [0, 0.1) is 12.7 Å². The number of hydrogen-bond acceptors (Lipinski definition) is 4. The van der Waals surface area contributed by atoms with Crippen molar-refractivity contribution >= 4 is 27.6 Å². The average Bonchev–Trinajstić information content (AvgIpc) is 2.55. The molecule has 0 heterocycles. The summed E-state index contributed by atoms with van der Waals surface area (Å²) < 4.78 is 45.5. The van der Waals surface area contributed by atoms with E-state index in [1.165, 1.54) is 0 Å². The molecule has 0 aliphatic rings. The van der Waals surface area contributed by atoms with Crippen molar-refractivity contribution in [2.24, 2.45) is 0 Å². The number of ether oxygens (including phenoxy) is 1. The van der Waals surface area contributed by atoms with Gasteiger partial charge in [0.25, 0.3) is 0 Å². The highest BCUT2D eigenvalue weighted by atomic mass is 35.5. The molecule has 0 amide bonds. The quantitative estimate of drug-likeness (QED) is 0.712. The Balaban J connectivity index is 2.01. The Morgan fingerprint density at radius 1 is 1.28 bits per heavy atom. The third-order valence-electron chi connectivity index (χ3n) is 3.26. The molecule has 6 nitrogen and oxygen atoms in total. The van der Waals surface area contributed by atoms with Crippen LogP contribution in [0.15, 0.2) is 41.3 Å². The van der Waals surface area contributed by atoms with E-state index in [4.69, 9.17) is 21.4 Å². The zero-order chi connectivity index (χ0) is 18.6. The Labute approximate surface area is 149 Å². The first-order chi connectivity index (χ1) is 11.7. The van der Waals surface area contributed by atoms with Gasteiger partial charge in [-0.25, -0.2) is 22.3 Å². The molecule has 0 fully saturated rings. The van der Waals surface area contributed by atoms with Gasteiger partial charge >= 0.3 is 5.97 Å². The molecule has 9 heteroatoms. The smallest absolute Gasteiger partial charge is 0.335 e. The number of hydrogen-bond donors (Lipinski definition) is 2. The van der Waals surface area contributed by atoms with Gasteiger partial charge in [-0.05, 0) is 48.9 Å². The van der Waals surface area contributed by atoms with E-state index in [-0.39, 0.29) is 18.7 Å². The summed E-state index contributed by atoms with van der Waals surface area (Å²) >= 11 is 5.89. The molecule has 2 N–H and O–H groups in total. The topological polar surface area (TPSA) is 92.7 Å². The third-order valence-corrected chi connectivity index (χ3v) is 5.16. The Hall–Kier alpha value is -2.16. The summed E-state index contributed by atoms with van der Waals surface area (Å²) in [5, 5.41) is 9.47. The first kappa shape index (κ1) is 19.2. The monoisotopic (exact) mass is 387 g/mol. The number of halogens is 2. The summed E-state index contributed by atoms with van der Waals surface area (Å²) in [6.45, 7) is 1.68. The lowest BCUT2D eigenvalue weighted by Crippen LogP contribution is -2.29. The van der Waals surface area contributed by atoms with Crippen molar-refractivity contribution in [1.82, 2.24) is 4.72 Å². The predicted molar refractivity (Wildman–Crippen MR) is 90.2 cm³/mol. The summed E-state index contributed by atoms with van der Waals surface area (Å²) in [7, 11) is -4.21. The molecule has 2 aromatic rings. The van der Waals surface area contributed by atoms with Crippen molar-refractivity contribution < 1.29 is 27.4 Å². The number of rotatable bonds is 7. The zero-order valence-electron chi connectivity index (χ0n) is 13.1. The van der Waals surface area contributed by atoms with E-state index in [2.05, 4.69) is 4.72 Å². The van der Waals surface area contributed by atoms with Crippen LogP contribution in [0.3, 0.4) is 0 Å². The Morgan fingerprint density at radius 3 is 2.64 bits per heavy atom. The van der Waals surface area contributed by atoms with Crippen LogP contribution in [-0.4, -0.2) is 32.6 Å². The van der Waals surface area contributed by atoms with E-state index < -0.39 is 26.7 Å². The van der Waals surface area contributed by atoms with Gasteiger partial charge < -0.3 is 9.84 Å². The minimum Gasteiger partial charge on any atom is -0.492 e. The molecule has 0 aromatic heterocycles. The van der Waals surface area contributed by atoms with Gasteiger partial charge in [-0.2, -0.15) is 0 Å². The minimum atomic E-state index is -4.21. The number of nitrogens with one attached hydrogen (secondary N) is 1. The van der Waals surface area contributed by atoms with Crippen molar-refractivity contribution in [1.29, 1.82) is 0 Å². The van der Waals surface area contributed by atoms with Gasteiger partial charge in [-0.3, -0.25) is 0 Å². The fourth-order valence-corrected chi connectivity index (χ4v) is 3.20. The fourth-order valence-electron chi connectivity index (χ4n) is 1.97. The molecule has 25 heavy (non-hydrogen) atoms. The number of carboxylic acids is 1. The van der Waals surface area contributed by atoms with Crippen molar-refractivity contribution in [3.05, 3.63) is 58.4 Å². The molecule has 0 unspecified atom stereocenters. The predicted octanol–water partition coefficient (Wildman–Crippen LogP) is 2.84. The lowest BCUT2D eigenvalue weighted by Gasteiger charge is -2.10. The van der Waals surface area contributed by atoms with Crippen LogP contribution in [0.5, 0.6) is 5.75 Å². The number of aryl methyl sites for hydroxylation is 1. The molecule has 0 saturated heterocycles. The van der Waals surface area contributed by atoms with Crippen molar-refractivity contribution in [3.63, 3.8) is 0 Å². The maximum absolute atomic E-state index is 13.7. The highest BCUT2D eigenvalue weighted by Crippen LogP contribution is 2.21. The Morgan fingerprint density at radius 2 is 2.00 bits per heavy atom. The van der Waals surface area contributed by atoms with E-state index in [9.17, 15) is 17.6 Å². The molecule has 2 rings (SSSR count). The highest BCUT2D eigenvalue weighted by molar-refractivity contribution is 7.89. The summed E-state index contributed by atoms with van der Waals surface area (Å²) in [5.74, 6) is -1.87. The number of carboxylic acid groups (broad SMARTS) is 1. The maximum Gasteiger partial charge on any atom is 0.335 e.